The summed E-state index contributed by atoms with van der Waals surface area (Å²) in [5.41, 5.74) is 3.70. The van der Waals surface area contributed by atoms with Gasteiger partial charge in [0.2, 0.25) is 0 Å². The lowest BCUT2D eigenvalue weighted by Gasteiger charge is -2.39. The zero-order valence-electron chi connectivity index (χ0n) is 25.1. The number of hydrogen-bond acceptors (Lipinski definition) is 2. The number of hydrogen-bond donors (Lipinski definition) is 0. The summed E-state index contributed by atoms with van der Waals surface area (Å²) in [7, 11) is 0.323. The van der Waals surface area contributed by atoms with Gasteiger partial charge < -0.3 is 4.52 Å². The maximum atomic E-state index is 7.36. The van der Waals surface area contributed by atoms with Gasteiger partial charge in [0.15, 0.2) is 0 Å². The fourth-order valence-electron chi connectivity index (χ4n) is 5.54. The Kier molecular flexibility index (Phi) is 10.1. The Morgan fingerprint density at radius 2 is 0.932 bits per heavy atom. The van der Waals surface area contributed by atoms with Crippen LogP contribution in [0.1, 0.15) is 18.6 Å². The fourth-order valence-corrected chi connectivity index (χ4v) is 10.1. The van der Waals surface area contributed by atoms with Crippen molar-refractivity contribution >= 4 is 37.4 Å². The van der Waals surface area contributed by atoms with E-state index in [1.165, 1.54) is 37.9 Å². The molecule has 0 unspecified atom stereocenters. The zero-order valence-corrected chi connectivity index (χ0v) is 26.9. The molecule has 218 valence electrons. The quantitative estimate of drug-likeness (QED) is 0.136. The van der Waals surface area contributed by atoms with E-state index in [0.717, 1.165) is 0 Å². The molecule has 3 atom stereocenters. The van der Waals surface area contributed by atoms with Gasteiger partial charge >= 0.3 is 0 Å². The van der Waals surface area contributed by atoms with Crippen LogP contribution < -0.4 is 21.2 Å². The summed E-state index contributed by atoms with van der Waals surface area (Å²) in [6.45, 7) is 2.32. The smallest absolute Gasteiger partial charge is 0.103 e. The SMILES string of the molecule is C[C@H]([C@@H](OP(c1ccccc1)c1ccccc1)c1ccccc1)N(C)[P@@](c1ccccc1)c1ccccc1-c1ccccc1. The summed E-state index contributed by atoms with van der Waals surface area (Å²) < 4.78 is 9.93. The molecule has 0 spiro atoms. The van der Waals surface area contributed by atoms with Crippen LogP contribution in [0.2, 0.25) is 0 Å². The third-order valence-electron chi connectivity index (χ3n) is 7.89. The van der Waals surface area contributed by atoms with Crippen molar-refractivity contribution in [3.05, 3.63) is 181 Å². The Morgan fingerprint density at radius 1 is 0.500 bits per heavy atom. The highest BCUT2D eigenvalue weighted by atomic mass is 31.1. The molecule has 0 aromatic heterocycles. The van der Waals surface area contributed by atoms with Crippen molar-refractivity contribution in [3.63, 3.8) is 0 Å². The van der Waals surface area contributed by atoms with Crippen molar-refractivity contribution in [2.24, 2.45) is 0 Å². The molecule has 0 aliphatic heterocycles. The molecule has 4 heteroatoms. The summed E-state index contributed by atoms with van der Waals surface area (Å²) in [5.74, 6) is 0. The van der Waals surface area contributed by atoms with Crippen LogP contribution in [0.25, 0.3) is 11.1 Å². The maximum absolute atomic E-state index is 7.36. The predicted octanol–water partition coefficient (Wildman–Crippen LogP) is 8.83. The van der Waals surface area contributed by atoms with Crippen LogP contribution in [-0.4, -0.2) is 17.8 Å². The molecule has 0 fully saturated rings. The van der Waals surface area contributed by atoms with Crippen molar-refractivity contribution < 1.29 is 4.52 Å². The fraction of sp³-hybridized carbons (Fsp3) is 0.100. The normalized spacial score (nSPS) is 13.5. The second-order valence-corrected chi connectivity index (χ2v) is 14.8. The van der Waals surface area contributed by atoms with Crippen molar-refractivity contribution in [3.8, 4) is 11.1 Å². The van der Waals surface area contributed by atoms with E-state index < -0.39 is 16.2 Å². The Balaban J connectivity index is 1.44. The minimum Gasteiger partial charge on any atom is -0.340 e. The molecule has 6 aromatic carbocycles. The van der Waals surface area contributed by atoms with E-state index in [1.54, 1.807) is 0 Å². The molecule has 0 heterocycles. The Hall–Kier alpha value is -3.90. The van der Waals surface area contributed by atoms with E-state index in [0.29, 0.717) is 0 Å². The molecule has 0 aliphatic carbocycles. The standard InChI is InChI=1S/C40H37NOP2/c1-32(40(34-22-10-4-11-23-34)42-44(36-26-14-6-15-27-36)37-28-16-7-17-29-37)41(2)43(35-24-12-5-13-25-35)39-31-19-18-30-38(39)33-20-8-3-9-21-33/h3-32,40H,1-2H3/t32-,40-,43+/m1/s1. The van der Waals surface area contributed by atoms with Gasteiger partial charge in [-0.15, -0.1) is 0 Å². The van der Waals surface area contributed by atoms with Crippen LogP contribution in [0, 0.1) is 0 Å². The first-order valence-electron chi connectivity index (χ1n) is 15.0. The van der Waals surface area contributed by atoms with Gasteiger partial charge in [-0.1, -0.05) is 176 Å². The molecule has 0 radical (unpaired) electrons. The first-order valence-corrected chi connectivity index (χ1v) is 17.6. The highest BCUT2D eigenvalue weighted by Crippen LogP contribution is 2.48. The van der Waals surface area contributed by atoms with Gasteiger partial charge in [0.05, 0.1) is 8.15 Å². The van der Waals surface area contributed by atoms with Crippen LogP contribution in [0.15, 0.2) is 176 Å². The average Bonchev–Trinajstić information content (AvgIpc) is 3.11. The molecule has 0 aliphatic rings. The second-order valence-electron chi connectivity index (χ2n) is 10.7. The molecular weight excluding hydrogens is 572 g/mol. The van der Waals surface area contributed by atoms with Crippen LogP contribution in [0.4, 0.5) is 0 Å². The van der Waals surface area contributed by atoms with Gasteiger partial charge in [0, 0.05) is 30.0 Å². The number of benzene rings is 6. The number of nitrogens with zero attached hydrogens (tertiary/aromatic N) is 1. The Bertz CT molecular complexity index is 1680. The largest absolute Gasteiger partial charge is 0.340 e. The van der Waals surface area contributed by atoms with Crippen molar-refractivity contribution in [2.45, 2.75) is 19.1 Å². The minimum absolute atomic E-state index is 0.0602. The lowest BCUT2D eigenvalue weighted by atomic mass is 10.0. The average molecular weight is 610 g/mol. The first kappa shape index (κ1) is 30.1. The second kappa shape index (κ2) is 14.7. The highest BCUT2D eigenvalue weighted by molar-refractivity contribution is 7.71. The van der Waals surface area contributed by atoms with Crippen LogP contribution in [0.5, 0.6) is 0 Å². The van der Waals surface area contributed by atoms with E-state index >= 15 is 0 Å². The summed E-state index contributed by atoms with van der Waals surface area (Å²) in [5, 5.41) is 5.09. The maximum Gasteiger partial charge on any atom is 0.103 e. The van der Waals surface area contributed by atoms with E-state index in [-0.39, 0.29) is 12.1 Å². The highest BCUT2D eigenvalue weighted by Gasteiger charge is 2.33. The molecule has 2 nitrogen and oxygen atoms in total. The molecular formula is C40H37NOP2. The summed E-state index contributed by atoms with van der Waals surface area (Å²) in [4.78, 5) is 0. The van der Waals surface area contributed by atoms with Gasteiger partial charge in [0.1, 0.15) is 6.10 Å². The summed E-state index contributed by atoms with van der Waals surface area (Å²) in [6.07, 6.45) is -0.162. The third kappa shape index (κ3) is 6.91. The molecule has 0 saturated heterocycles. The Morgan fingerprint density at radius 3 is 1.48 bits per heavy atom. The molecule has 0 saturated carbocycles. The van der Waals surface area contributed by atoms with E-state index in [1.807, 2.05) is 0 Å². The Labute approximate surface area is 264 Å². The monoisotopic (exact) mass is 609 g/mol. The van der Waals surface area contributed by atoms with Gasteiger partial charge in [-0.2, -0.15) is 0 Å². The molecule has 0 amide bonds. The topological polar surface area (TPSA) is 12.5 Å². The summed E-state index contributed by atoms with van der Waals surface area (Å²) in [6, 6.07) is 62.8. The molecule has 44 heavy (non-hydrogen) atoms. The van der Waals surface area contributed by atoms with Crippen LogP contribution in [0.3, 0.4) is 0 Å². The van der Waals surface area contributed by atoms with Crippen molar-refractivity contribution in [1.29, 1.82) is 0 Å². The van der Waals surface area contributed by atoms with Crippen molar-refractivity contribution in [2.75, 3.05) is 7.05 Å². The molecule has 0 bridgehead atoms. The molecule has 6 aromatic rings. The van der Waals surface area contributed by atoms with Gasteiger partial charge in [-0.3, -0.25) is 4.67 Å². The van der Waals surface area contributed by atoms with E-state index in [4.69, 9.17) is 4.52 Å². The van der Waals surface area contributed by atoms with Gasteiger partial charge in [0.25, 0.3) is 0 Å². The van der Waals surface area contributed by atoms with E-state index in [9.17, 15) is 0 Å². The van der Waals surface area contributed by atoms with Crippen molar-refractivity contribution in [1.82, 2.24) is 4.67 Å². The van der Waals surface area contributed by atoms with Gasteiger partial charge in [-0.25, -0.2) is 0 Å². The summed E-state index contributed by atoms with van der Waals surface area (Å²) >= 11 is 0. The van der Waals surface area contributed by atoms with Gasteiger partial charge in [-0.05, 0) is 36.0 Å². The first-order chi connectivity index (χ1) is 21.7. The minimum atomic E-state index is -1.06. The predicted molar refractivity (Wildman–Crippen MR) is 191 cm³/mol. The van der Waals surface area contributed by atoms with Crippen LogP contribution in [-0.2, 0) is 4.52 Å². The lowest BCUT2D eigenvalue weighted by Crippen LogP contribution is -2.37. The third-order valence-corrected chi connectivity index (χ3v) is 12.5. The number of rotatable bonds is 11. The molecule has 6 rings (SSSR count). The lowest BCUT2D eigenvalue weighted by molar-refractivity contribution is 0.154. The van der Waals surface area contributed by atoms with Crippen LogP contribution >= 0.6 is 16.2 Å². The van der Waals surface area contributed by atoms with E-state index in [2.05, 4.69) is 195 Å². The number of likely N-dealkylation sites (N-methyl/N-ethyl adjacent to an activating group) is 1. The zero-order chi connectivity index (χ0) is 30.1. The molecule has 0 N–H and O–H groups in total.